The third-order valence-corrected chi connectivity index (χ3v) is 3.85. The quantitative estimate of drug-likeness (QED) is 0.875. The first-order chi connectivity index (χ1) is 10.1. The van der Waals surface area contributed by atoms with Crippen LogP contribution in [0.15, 0.2) is 18.2 Å². The van der Waals surface area contributed by atoms with Crippen molar-refractivity contribution in [3.05, 3.63) is 35.1 Å². The van der Waals surface area contributed by atoms with Gasteiger partial charge in [0.2, 0.25) is 0 Å². The zero-order valence-corrected chi connectivity index (χ0v) is 12.9. The molecule has 1 fully saturated rings. The van der Waals surface area contributed by atoms with Crippen LogP contribution in [0, 0.1) is 23.1 Å². The summed E-state index contributed by atoms with van der Waals surface area (Å²) < 4.78 is 13.5. The fourth-order valence-electron chi connectivity index (χ4n) is 2.99. The van der Waals surface area contributed by atoms with Gasteiger partial charge in [0.15, 0.2) is 0 Å². The summed E-state index contributed by atoms with van der Waals surface area (Å²) in [6.45, 7) is 8.01. The first-order valence-electron chi connectivity index (χ1n) is 7.72. The van der Waals surface area contributed by atoms with Gasteiger partial charge in [0.25, 0.3) is 0 Å². The van der Waals surface area contributed by atoms with Crippen LogP contribution in [0.3, 0.4) is 0 Å². The number of hydrogen-bond donors (Lipinski definition) is 1. The summed E-state index contributed by atoms with van der Waals surface area (Å²) in [5.41, 5.74) is 1.36. The molecule has 0 radical (unpaired) electrons. The summed E-state index contributed by atoms with van der Waals surface area (Å²) in [5, 5.41) is 12.7. The molecular weight excluding hydrogens is 265 g/mol. The van der Waals surface area contributed by atoms with E-state index in [9.17, 15) is 9.65 Å². The third kappa shape index (κ3) is 4.80. The summed E-state index contributed by atoms with van der Waals surface area (Å²) in [4.78, 5) is 2.34. The molecule has 1 unspecified atom stereocenters. The van der Waals surface area contributed by atoms with Gasteiger partial charge in [0.05, 0.1) is 11.6 Å². The number of nitrogens with one attached hydrogen (secondary N) is 1. The zero-order valence-electron chi connectivity index (χ0n) is 12.9. The van der Waals surface area contributed by atoms with Gasteiger partial charge in [0, 0.05) is 25.7 Å². The lowest BCUT2D eigenvalue weighted by Gasteiger charge is -2.27. The monoisotopic (exact) mass is 289 g/mol. The largest absolute Gasteiger partial charge is 0.313 e. The molecule has 1 aromatic carbocycles. The molecular formula is C17H24FN3. The van der Waals surface area contributed by atoms with Gasteiger partial charge < -0.3 is 5.32 Å². The average molecular weight is 289 g/mol. The first kappa shape index (κ1) is 15.9. The number of nitrogens with zero attached hydrogens (tertiary/aromatic N) is 2. The molecule has 1 aliphatic heterocycles. The van der Waals surface area contributed by atoms with Crippen LogP contribution in [0.5, 0.6) is 0 Å². The van der Waals surface area contributed by atoms with E-state index in [0.717, 1.165) is 25.2 Å². The Morgan fingerprint density at radius 3 is 2.90 bits per heavy atom. The fourth-order valence-corrected chi connectivity index (χ4v) is 2.99. The van der Waals surface area contributed by atoms with Crippen molar-refractivity contribution >= 4 is 0 Å². The van der Waals surface area contributed by atoms with Crippen LogP contribution in [-0.4, -0.2) is 30.6 Å². The average Bonchev–Trinajstić information content (AvgIpc) is 2.91. The molecule has 0 spiro atoms. The van der Waals surface area contributed by atoms with Crippen LogP contribution in [-0.2, 0) is 6.54 Å². The van der Waals surface area contributed by atoms with Crippen molar-refractivity contribution in [1.29, 1.82) is 5.26 Å². The standard InChI is InChI=1S/C17H24FN3/c1-13(2)10-21(12-17-4-3-7-20-17)11-15-8-16(18)6-5-14(15)9-19/h5-6,8,13,17,20H,3-4,7,10-12H2,1-2H3. The molecule has 1 N–H and O–H groups in total. The van der Waals surface area contributed by atoms with E-state index in [0.29, 0.717) is 24.1 Å². The van der Waals surface area contributed by atoms with Crippen molar-refractivity contribution in [2.45, 2.75) is 39.3 Å². The highest BCUT2D eigenvalue weighted by molar-refractivity contribution is 5.37. The molecule has 4 heteroatoms. The predicted octanol–water partition coefficient (Wildman–Crippen LogP) is 2.91. The molecule has 0 aliphatic carbocycles. The molecule has 0 bridgehead atoms. The van der Waals surface area contributed by atoms with E-state index in [2.05, 4.69) is 30.1 Å². The van der Waals surface area contributed by atoms with E-state index in [1.165, 1.54) is 25.0 Å². The Morgan fingerprint density at radius 2 is 2.29 bits per heavy atom. The molecule has 0 saturated carbocycles. The smallest absolute Gasteiger partial charge is 0.123 e. The minimum atomic E-state index is -0.271. The van der Waals surface area contributed by atoms with E-state index in [1.807, 2.05) is 0 Å². The van der Waals surface area contributed by atoms with Gasteiger partial charge in [-0.25, -0.2) is 4.39 Å². The predicted molar refractivity (Wildman–Crippen MR) is 82.3 cm³/mol. The van der Waals surface area contributed by atoms with Crippen LogP contribution >= 0.6 is 0 Å². The highest BCUT2D eigenvalue weighted by atomic mass is 19.1. The maximum Gasteiger partial charge on any atom is 0.123 e. The lowest BCUT2D eigenvalue weighted by Crippen LogP contribution is -2.39. The Balaban J connectivity index is 2.10. The molecule has 21 heavy (non-hydrogen) atoms. The molecule has 1 heterocycles. The van der Waals surface area contributed by atoms with Gasteiger partial charge in [-0.2, -0.15) is 5.26 Å². The fraction of sp³-hybridized carbons (Fsp3) is 0.588. The van der Waals surface area contributed by atoms with Gasteiger partial charge in [-0.05, 0) is 49.1 Å². The maximum atomic E-state index is 13.5. The van der Waals surface area contributed by atoms with Gasteiger partial charge >= 0.3 is 0 Å². The van der Waals surface area contributed by atoms with Gasteiger partial charge in [-0.15, -0.1) is 0 Å². The Bertz CT molecular complexity index is 501. The number of nitriles is 1. The van der Waals surface area contributed by atoms with Gasteiger partial charge in [0.1, 0.15) is 5.82 Å². The molecule has 114 valence electrons. The number of benzene rings is 1. The molecule has 0 amide bonds. The van der Waals surface area contributed by atoms with Crippen molar-refractivity contribution in [1.82, 2.24) is 10.2 Å². The Kier molecular flexibility index (Phi) is 5.72. The summed E-state index contributed by atoms with van der Waals surface area (Å²) >= 11 is 0. The van der Waals surface area contributed by atoms with Crippen molar-refractivity contribution in [3.63, 3.8) is 0 Å². The van der Waals surface area contributed by atoms with Crippen molar-refractivity contribution in [2.24, 2.45) is 5.92 Å². The van der Waals surface area contributed by atoms with Crippen LogP contribution < -0.4 is 5.32 Å². The van der Waals surface area contributed by atoms with Crippen LogP contribution in [0.4, 0.5) is 4.39 Å². The lowest BCUT2D eigenvalue weighted by atomic mass is 10.1. The molecule has 1 atom stereocenters. The zero-order chi connectivity index (χ0) is 15.2. The Morgan fingerprint density at radius 1 is 1.48 bits per heavy atom. The van der Waals surface area contributed by atoms with E-state index in [4.69, 9.17) is 0 Å². The number of hydrogen-bond acceptors (Lipinski definition) is 3. The maximum absolute atomic E-state index is 13.5. The third-order valence-electron chi connectivity index (χ3n) is 3.85. The van der Waals surface area contributed by atoms with Gasteiger partial charge in [-0.1, -0.05) is 13.8 Å². The summed E-state index contributed by atoms with van der Waals surface area (Å²) in [5.74, 6) is 0.276. The second-order valence-corrected chi connectivity index (χ2v) is 6.29. The van der Waals surface area contributed by atoms with Crippen molar-refractivity contribution < 1.29 is 4.39 Å². The van der Waals surface area contributed by atoms with Gasteiger partial charge in [-0.3, -0.25) is 4.90 Å². The topological polar surface area (TPSA) is 39.1 Å². The van der Waals surface area contributed by atoms with Crippen molar-refractivity contribution in [2.75, 3.05) is 19.6 Å². The number of halogens is 1. The molecule has 1 aromatic rings. The van der Waals surface area contributed by atoms with Crippen molar-refractivity contribution in [3.8, 4) is 6.07 Å². The van der Waals surface area contributed by atoms with E-state index < -0.39 is 0 Å². The van der Waals surface area contributed by atoms with E-state index >= 15 is 0 Å². The highest BCUT2D eigenvalue weighted by Crippen LogP contribution is 2.16. The minimum absolute atomic E-state index is 0.271. The Labute approximate surface area is 126 Å². The molecule has 1 aliphatic rings. The second-order valence-electron chi connectivity index (χ2n) is 6.29. The molecule has 1 saturated heterocycles. The SMILES string of the molecule is CC(C)CN(Cc1cc(F)ccc1C#N)CC1CCCN1. The van der Waals surface area contributed by atoms with Crippen LogP contribution in [0.25, 0.3) is 0 Å². The van der Waals surface area contributed by atoms with Crippen LogP contribution in [0.2, 0.25) is 0 Å². The van der Waals surface area contributed by atoms with E-state index in [-0.39, 0.29) is 5.82 Å². The Hall–Kier alpha value is -1.44. The first-order valence-corrected chi connectivity index (χ1v) is 7.72. The highest BCUT2D eigenvalue weighted by Gasteiger charge is 2.19. The summed E-state index contributed by atoms with van der Waals surface area (Å²) in [6, 6.07) is 7.11. The summed E-state index contributed by atoms with van der Waals surface area (Å²) in [7, 11) is 0. The lowest BCUT2D eigenvalue weighted by molar-refractivity contribution is 0.216. The van der Waals surface area contributed by atoms with Crippen LogP contribution in [0.1, 0.15) is 37.8 Å². The molecule has 0 aromatic heterocycles. The molecule has 3 nitrogen and oxygen atoms in total. The normalized spacial score (nSPS) is 18.4. The summed E-state index contributed by atoms with van der Waals surface area (Å²) in [6.07, 6.45) is 2.42. The minimum Gasteiger partial charge on any atom is -0.313 e. The van der Waals surface area contributed by atoms with E-state index in [1.54, 1.807) is 6.07 Å². The molecule has 2 rings (SSSR count). The second kappa shape index (κ2) is 7.53. The number of rotatable bonds is 6.